The molecule has 25 heavy (non-hydrogen) atoms. The van der Waals surface area contributed by atoms with Crippen LogP contribution in [0.5, 0.6) is 0 Å². The number of hydrogen-bond donors (Lipinski definition) is 0. The number of rotatable bonds is 5. The highest BCUT2D eigenvalue weighted by Crippen LogP contribution is 2.29. The van der Waals surface area contributed by atoms with Crippen LogP contribution in [-0.4, -0.2) is 33.1 Å². The lowest BCUT2D eigenvalue weighted by Gasteiger charge is -2.21. The summed E-state index contributed by atoms with van der Waals surface area (Å²) < 4.78 is 5.54. The maximum Gasteiger partial charge on any atom is 0.244 e. The highest BCUT2D eigenvalue weighted by molar-refractivity contribution is 5.53. The van der Waals surface area contributed by atoms with E-state index in [0.29, 0.717) is 17.6 Å². The van der Waals surface area contributed by atoms with E-state index in [1.165, 1.54) is 12.0 Å². The molecule has 2 atom stereocenters. The maximum absolute atomic E-state index is 5.54. The third-order valence-corrected chi connectivity index (χ3v) is 4.97. The summed E-state index contributed by atoms with van der Waals surface area (Å²) in [5, 5.41) is 4.15. The van der Waals surface area contributed by atoms with Gasteiger partial charge < -0.3 is 4.52 Å². The van der Waals surface area contributed by atoms with Gasteiger partial charge in [-0.1, -0.05) is 35.5 Å². The van der Waals surface area contributed by atoms with Crippen molar-refractivity contribution in [3.63, 3.8) is 0 Å². The van der Waals surface area contributed by atoms with Gasteiger partial charge in [0.15, 0.2) is 0 Å². The van der Waals surface area contributed by atoms with Crippen LogP contribution in [0.1, 0.15) is 30.8 Å². The van der Waals surface area contributed by atoms with Crippen LogP contribution in [0.25, 0.3) is 11.4 Å². The van der Waals surface area contributed by atoms with Crippen molar-refractivity contribution in [2.75, 3.05) is 13.1 Å². The van der Waals surface area contributed by atoms with E-state index in [9.17, 15) is 0 Å². The molecule has 0 bridgehead atoms. The van der Waals surface area contributed by atoms with E-state index in [1.54, 1.807) is 0 Å². The largest absolute Gasteiger partial charge is 0.337 e. The molecule has 3 heterocycles. The van der Waals surface area contributed by atoms with Crippen molar-refractivity contribution in [1.82, 2.24) is 20.0 Å². The van der Waals surface area contributed by atoms with Crippen molar-refractivity contribution in [3.8, 4) is 11.4 Å². The average molecular weight is 334 g/mol. The fourth-order valence-electron chi connectivity index (χ4n) is 3.50. The molecule has 0 N–H and O–H groups in total. The van der Waals surface area contributed by atoms with Gasteiger partial charge in [-0.2, -0.15) is 4.98 Å². The lowest BCUT2D eigenvalue weighted by molar-refractivity contribution is 0.203. The van der Waals surface area contributed by atoms with E-state index < -0.39 is 0 Å². The Bertz CT molecular complexity index is 803. The summed E-state index contributed by atoms with van der Waals surface area (Å²) in [7, 11) is 0. The lowest BCUT2D eigenvalue weighted by atomic mass is 10.00. The van der Waals surface area contributed by atoms with Crippen LogP contribution in [-0.2, 0) is 6.42 Å². The molecule has 0 aliphatic carbocycles. The summed E-state index contributed by atoms with van der Waals surface area (Å²) in [4.78, 5) is 11.1. The quantitative estimate of drug-likeness (QED) is 0.711. The Morgan fingerprint density at radius 1 is 1.16 bits per heavy atom. The number of hydrogen-bond acceptors (Lipinski definition) is 5. The molecule has 128 valence electrons. The lowest BCUT2D eigenvalue weighted by Crippen LogP contribution is -2.25. The Hall–Kier alpha value is -2.53. The molecule has 1 aliphatic rings. The van der Waals surface area contributed by atoms with E-state index in [0.717, 1.165) is 25.1 Å². The third-order valence-electron chi connectivity index (χ3n) is 4.97. The Balaban J connectivity index is 1.40. The molecular weight excluding hydrogens is 312 g/mol. The second-order valence-corrected chi connectivity index (χ2v) is 6.71. The molecule has 0 spiro atoms. The van der Waals surface area contributed by atoms with E-state index in [2.05, 4.69) is 39.1 Å². The predicted octanol–water partition coefficient (Wildman–Crippen LogP) is 3.76. The molecular formula is C20H22N4O. The zero-order chi connectivity index (χ0) is 17.1. The number of benzene rings is 1. The van der Waals surface area contributed by atoms with E-state index in [1.807, 2.05) is 42.7 Å². The minimum absolute atomic E-state index is 0.146. The smallest absolute Gasteiger partial charge is 0.244 e. The van der Waals surface area contributed by atoms with Crippen LogP contribution in [0.4, 0.5) is 0 Å². The zero-order valence-electron chi connectivity index (χ0n) is 14.4. The molecule has 0 saturated carbocycles. The fourth-order valence-corrected chi connectivity index (χ4v) is 3.50. The van der Waals surface area contributed by atoms with Crippen molar-refractivity contribution in [2.45, 2.75) is 25.8 Å². The average Bonchev–Trinajstić information content (AvgIpc) is 3.33. The first-order valence-corrected chi connectivity index (χ1v) is 8.81. The van der Waals surface area contributed by atoms with Gasteiger partial charge in [0, 0.05) is 24.5 Å². The minimum Gasteiger partial charge on any atom is -0.337 e. The van der Waals surface area contributed by atoms with Crippen LogP contribution in [0.2, 0.25) is 0 Å². The van der Waals surface area contributed by atoms with Gasteiger partial charge in [-0.3, -0.25) is 9.88 Å². The Morgan fingerprint density at radius 3 is 2.76 bits per heavy atom. The van der Waals surface area contributed by atoms with Gasteiger partial charge in [0.25, 0.3) is 0 Å². The van der Waals surface area contributed by atoms with Crippen molar-refractivity contribution >= 4 is 0 Å². The molecule has 1 fully saturated rings. The molecule has 2 aromatic heterocycles. The van der Waals surface area contributed by atoms with Gasteiger partial charge >= 0.3 is 0 Å². The molecule has 0 amide bonds. The second kappa shape index (κ2) is 7.15. The monoisotopic (exact) mass is 334 g/mol. The molecule has 1 saturated heterocycles. The molecule has 5 heteroatoms. The fraction of sp³-hybridized carbons (Fsp3) is 0.350. The van der Waals surface area contributed by atoms with E-state index in [-0.39, 0.29) is 6.04 Å². The summed E-state index contributed by atoms with van der Waals surface area (Å²) in [5.74, 6) is 2.03. The van der Waals surface area contributed by atoms with Gasteiger partial charge in [-0.05, 0) is 49.9 Å². The van der Waals surface area contributed by atoms with Gasteiger partial charge in [-0.25, -0.2) is 0 Å². The Labute approximate surface area is 147 Å². The standard InChI is InChI=1S/C20H22N4O/c1-15(20-22-19(23-25-20)18-5-3-2-4-6-18)24-12-9-17(14-24)13-16-7-10-21-11-8-16/h2-8,10-11,15,17H,9,12-14H2,1H3/t15-,17+/m1/s1. The van der Waals surface area contributed by atoms with Gasteiger partial charge in [0.1, 0.15) is 0 Å². The van der Waals surface area contributed by atoms with Crippen LogP contribution < -0.4 is 0 Å². The summed E-state index contributed by atoms with van der Waals surface area (Å²) in [6.07, 6.45) is 6.04. The topological polar surface area (TPSA) is 55.1 Å². The molecule has 0 radical (unpaired) electrons. The van der Waals surface area contributed by atoms with Crippen LogP contribution in [0.15, 0.2) is 59.4 Å². The Kier molecular flexibility index (Phi) is 4.57. The van der Waals surface area contributed by atoms with Crippen LogP contribution in [0.3, 0.4) is 0 Å². The highest BCUT2D eigenvalue weighted by Gasteiger charge is 2.29. The minimum atomic E-state index is 0.146. The third kappa shape index (κ3) is 3.61. The molecule has 5 nitrogen and oxygen atoms in total. The normalized spacial score (nSPS) is 19.2. The van der Waals surface area contributed by atoms with Crippen molar-refractivity contribution in [1.29, 1.82) is 0 Å². The number of nitrogens with zero attached hydrogens (tertiary/aromatic N) is 4. The molecule has 0 unspecified atom stereocenters. The number of likely N-dealkylation sites (tertiary alicyclic amines) is 1. The summed E-state index contributed by atoms with van der Waals surface area (Å²) in [6, 6.07) is 14.3. The SMILES string of the molecule is C[C@H](c1nc(-c2ccccc2)no1)N1CC[C@@H](Cc2ccncc2)C1. The van der Waals surface area contributed by atoms with Gasteiger partial charge in [0.05, 0.1) is 6.04 Å². The first-order valence-electron chi connectivity index (χ1n) is 8.81. The molecule has 1 aliphatic heterocycles. The zero-order valence-corrected chi connectivity index (χ0v) is 14.4. The number of aromatic nitrogens is 3. The van der Waals surface area contributed by atoms with Gasteiger partial charge in [-0.15, -0.1) is 0 Å². The van der Waals surface area contributed by atoms with Crippen LogP contribution in [0, 0.1) is 5.92 Å². The van der Waals surface area contributed by atoms with E-state index in [4.69, 9.17) is 4.52 Å². The van der Waals surface area contributed by atoms with Crippen molar-refractivity contribution in [3.05, 3.63) is 66.3 Å². The van der Waals surface area contributed by atoms with Gasteiger partial charge in [0.2, 0.25) is 11.7 Å². The predicted molar refractivity (Wildman–Crippen MR) is 95.8 cm³/mol. The van der Waals surface area contributed by atoms with Crippen molar-refractivity contribution in [2.24, 2.45) is 5.92 Å². The number of pyridine rings is 1. The maximum atomic E-state index is 5.54. The summed E-state index contributed by atoms with van der Waals surface area (Å²) in [6.45, 7) is 4.28. The molecule has 3 aromatic rings. The highest BCUT2D eigenvalue weighted by atomic mass is 16.5. The molecule has 1 aromatic carbocycles. The Morgan fingerprint density at radius 2 is 1.96 bits per heavy atom. The van der Waals surface area contributed by atoms with Crippen molar-refractivity contribution < 1.29 is 4.52 Å². The first-order chi connectivity index (χ1) is 12.3. The summed E-state index contributed by atoms with van der Waals surface area (Å²) in [5.41, 5.74) is 2.35. The molecule has 4 rings (SSSR count). The first kappa shape index (κ1) is 16.0. The van der Waals surface area contributed by atoms with E-state index >= 15 is 0 Å². The second-order valence-electron chi connectivity index (χ2n) is 6.71. The van der Waals surface area contributed by atoms with Crippen LogP contribution >= 0.6 is 0 Å². The summed E-state index contributed by atoms with van der Waals surface area (Å²) >= 11 is 0.